The number of hydrogen-bond donors (Lipinski definition) is 1. The van der Waals surface area contributed by atoms with Gasteiger partial charge >= 0.3 is 0 Å². The zero-order valence-corrected chi connectivity index (χ0v) is 11.0. The third kappa shape index (κ3) is 3.32. The standard InChI is InChI=1S/C16H24O/c1-3-13-7-8-16(17)15(10-13)11-14-6-4-5-12(2)9-14/h4-6,9,13,15-17H,3,7-8,10-11H2,1-2H3. The summed E-state index contributed by atoms with van der Waals surface area (Å²) in [7, 11) is 0. The highest BCUT2D eigenvalue weighted by molar-refractivity contribution is 5.22. The third-order valence-corrected chi connectivity index (χ3v) is 4.21. The van der Waals surface area contributed by atoms with Gasteiger partial charge in [0.15, 0.2) is 0 Å². The Balaban J connectivity index is 2.01. The number of hydrogen-bond acceptors (Lipinski definition) is 1. The van der Waals surface area contributed by atoms with E-state index in [0.29, 0.717) is 5.92 Å². The van der Waals surface area contributed by atoms with Gasteiger partial charge in [0.1, 0.15) is 0 Å². The first kappa shape index (κ1) is 12.6. The average molecular weight is 232 g/mol. The fourth-order valence-electron chi connectivity index (χ4n) is 3.08. The molecule has 2 rings (SSSR count). The van der Waals surface area contributed by atoms with Crippen molar-refractivity contribution in [3.63, 3.8) is 0 Å². The normalized spacial score (nSPS) is 29.2. The third-order valence-electron chi connectivity index (χ3n) is 4.21. The Morgan fingerprint density at radius 1 is 1.29 bits per heavy atom. The van der Waals surface area contributed by atoms with Crippen molar-refractivity contribution in [1.29, 1.82) is 0 Å². The molecule has 0 amide bonds. The second-order valence-electron chi connectivity index (χ2n) is 5.61. The number of aliphatic hydroxyl groups is 1. The molecule has 1 aromatic rings. The van der Waals surface area contributed by atoms with Crippen molar-refractivity contribution in [1.82, 2.24) is 0 Å². The van der Waals surface area contributed by atoms with Crippen LogP contribution in [-0.4, -0.2) is 11.2 Å². The van der Waals surface area contributed by atoms with E-state index in [1.54, 1.807) is 0 Å². The van der Waals surface area contributed by atoms with Crippen LogP contribution in [0.25, 0.3) is 0 Å². The minimum Gasteiger partial charge on any atom is -0.393 e. The fraction of sp³-hybridized carbons (Fsp3) is 0.625. The molecule has 1 aromatic carbocycles. The Hall–Kier alpha value is -0.820. The topological polar surface area (TPSA) is 20.2 Å². The van der Waals surface area contributed by atoms with E-state index in [0.717, 1.165) is 18.8 Å². The molecule has 0 bridgehead atoms. The molecule has 0 radical (unpaired) electrons. The molecule has 94 valence electrons. The van der Waals surface area contributed by atoms with Gasteiger partial charge in [-0.3, -0.25) is 0 Å². The minimum absolute atomic E-state index is 0.0849. The molecule has 0 spiro atoms. The van der Waals surface area contributed by atoms with E-state index in [1.165, 1.54) is 30.4 Å². The summed E-state index contributed by atoms with van der Waals surface area (Å²) >= 11 is 0. The summed E-state index contributed by atoms with van der Waals surface area (Å²) in [6, 6.07) is 8.70. The van der Waals surface area contributed by atoms with Crippen molar-refractivity contribution in [2.45, 2.75) is 52.1 Å². The molecule has 0 saturated heterocycles. The molecule has 3 unspecified atom stereocenters. The molecule has 1 aliphatic carbocycles. The van der Waals surface area contributed by atoms with Crippen molar-refractivity contribution in [3.05, 3.63) is 35.4 Å². The fourth-order valence-corrected chi connectivity index (χ4v) is 3.08. The van der Waals surface area contributed by atoms with E-state index >= 15 is 0 Å². The molecule has 1 heteroatoms. The van der Waals surface area contributed by atoms with Crippen molar-refractivity contribution < 1.29 is 5.11 Å². The summed E-state index contributed by atoms with van der Waals surface area (Å²) in [5, 5.41) is 10.1. The quantitative estimate of drug-likeness (QED) is 0.842. The largest absolute Gasteiger partial charge is 0.393 e. The van der Waals surface area contributed by atoms with Crippen molar-refractivity contribution >= 4 is 0 Å². The lowest BCUT2D eigenvalue weighted by molar-refractivity contribution is 0.0475. The zero-order valence-electron chi connectivity index (χ0n) is 11.0. The monoisotopic (exact) mass is 232 g/mol. The van der Waals surface area contributed by atoms with Crippen LogP contribution >= 0.6 is 0 Å². The first-order valence-corrected chi connectivity index (χ1v) is 6.92. The number of benzene rings is 1. The summed E-state index contributed by atoms with van der Waals surface area (Å²) in [6.45, 7) is 4.40. The molecular formula is C16H24O. The highest BCUT2D eigenvalue weighted by Gasteiger charge is 2.28. The van der Waals surface area contributed by atoms with Crippen molar-refractivity contribution in [3.8, 4) is 0 Å². The van der Waals surface area contributed by atoms with E-state index < -0.39 is 0 Å². The predicted octanol–water partition coefficient (Wildman–Crippen LogP) is 3.72. The van der Waals surface area contributed by atoms with Crippen LogP contribution in [-0.2, 0) is 6.42 Å². The molecule has 0 heterocycles. The van der Waals surface area contributed by atoms with E-state index in [9.17, 15) is 5.11 Å². The summed E-state index contributed by atoms with van der Waals surface area (Å²) in [4.78, 5) is 0. The summed E-state index contributed by atoms with van der Waals surface area (Å²) < 4.78 is 0. The summed E-state index contributed by atoms with van der Waals surface area (Å²) in [6.07, 6.45) is 5.62. The van der Waals surface area contributed by atoms with Crippen LogP contribution in [0.4, 0.5) is 0 Å². The second kappa shape index (κ2) is 5.68. The van der Waals surface area contributed by atoms with E-state index in [-0.39, 0.29) is 6.10 Å². The zero-order chi connectivity index (χ0) is 12.3. The van der Waals surface area contributed by atoms with E-state index in [2.05, 4.69) is 38.1 Å². The van der Waals surface area contributed by atoms with Gasteiger partial charge < -0.3 is 5.11 Å². The Morgan fingerprint density at radius 3 is 2.82 bits per heavy atom. The van der Waals surface area contributed by atoms with Crippen LogP contribution in [0, 0.1) is 18.8 Å². The molecule has 1 N–H and O–H groups in total. The average Bonchev–Trinajstić information content (AvgIpc) is 2.32. The van der Waals surface area contributed by atoms with Gasteiger partial charge in [-0.05, 0) is 50.0 Å². The summed E-state index contributed by atoms with van der Waals surface area (Å²) in [5.74, 6) is 1.30. The molecule has 0 aliphatic heterocycles. The Bertz CT molecular complexity index is 358. The highest BCUT2D eigenvalue weighted by atomic mass is 16.3. The molecule has 1 aliphatic rings. The van der Waals surface area contributed by atoms with Crippen molar-refractivity contribution in [2.24, 2.45) is 11.8 Å². The van der Waals surface area contributed by atoms with Crippen LogP contribution in [0.1, 0.15) is 43.7 Å². The van der Waals surface area contributed by atoms with Crippen LogP contribution in [0.15, 0.2) is 24.3 Å². The van der Waals surface area contributed by atoms with Gasteiger partial charge in [0.05, 0.1) is 6.10 Å². The van der Waals surface area contributed by atoms with Gasteiger partial charge in [0, 0.05) is 0 Å². The maximum atomic E-state index is 10.1. The molecule has 0 aromatic heterocycles. The smallest absolute Gasteiger partial charge is 0.0571 e. The number of aliphatic hydroxyl groups excluding tert-OH is 1. The Morgan fingerprint density at radius 2 is 2.12 bits per heavy atom. The Kier molecular flexibility index (Phi) is 4.22. The van der Waals surface area contributed by atoms with Crippen LogP contribution < -0.4 is 0 Å². The lowest BCUT2D eigenvalue weighted by Crippen LogP contribution is -2.30. The van der Waals surface area contributed by atoms with Gasteiger partial charge in [-0.25, -0.2) is 0 Å². The maximum Gasteiger partial charge on any atom is 0.0571 e. The van der Waals surface area contributed by atoms with Gasteiger partial charge in [-0.2, -0.15) is 0 Å². The predicted molar refractivity (Wildman–Crippen MR) is 72.0 cm³/mol. The van der Waals surface area contributed by atoms with Crippen LogP contribution in [0.3, 0.4) is 0 Å². The molecule has 1 nitrogen and oxygen atoms in total. The molecule has 1 fully saturated rings. The summed E-state index contributed by atoms with van der Waals surface area (Å²) in [5.41, 5.74) is 2.70. The Labute approximate surface area is 105 Å². The van der Waals surface area contributed by atoms with Crippen LogP contribution in [0.2, 0.25) is 0 Å². The van der Waals surface area contributed by atoms with Gasteiger partial charge in [0.25, 0.3) is 0 Å². The van der Waals surface area contributed by atoms with Crippen molar-refractivity contribution in [2.75, 3.05) is 0 Å². The minimum atomic E-state index is -0.0849. The molecule has 17 heavy (non-hydrogen) atoms. The lowest BCUT2D eigenvalue weighted by Gasteiger charge is -2.33. The maximum absolute atomic E-state index is 10.1. The first-order chi connectivity index (χ1) is 8.19. The van der Waals surface area contributed by atoms with Gasteiger partial charge in [-0.1, -0.05) is 43.2 Å². The molecule has 1 saturated carbocycles. The van der Waals surface area contributed by atoms with Gasteiger partial charge in [-0.15, -0.1) is 0 Å². The highest BCUT2D eigenvalue weighted by Crippen LogP contribution is 2.33. The SMILES string of the molecule is CCC1CCC(O)C(Cc2cccc(C)c2)C1. The number of rotatable bonds is 3. The second-order valence-corrected chi connectivity index (χ2v) is 5.61. The van der Waals surface area contributed by atoms with Crippen LogP contribution in [0.5, 0.6) is 0 Å². The lowest BCUT2D eigenvalue weighted by atomic mass is 9.76. The van der Waals surface area contributed by atoms with E-state index in [4.69, 9.17) is 0 Å². The first-order valence-electron chi connectivity index (χ1n) is 6.92. The molecule has 3 atom stereocenters. The van der Waals surface area contributed by atoms with E-state index in [1.807, 2.05) is 0 Å². The number of aryl methyl sites for hydroxylation is 1. The molecular weight excluding hydrogens is 208 g/mol. The van der Waals surface area contributed by atoms with Gasteiger partial charge in [0.2, 0.25) is 0 Å².